The van der Waals surface area contributed by atoms with Crippen LogP contribution in [-0.4, -0.2) is 17.4 Å². The maximum atomic E-state index is 11.6. The summed E-state index contributed by atoms with van der Waals surface area (Å²) in [5.41, 5.74) is 0. The van der Waals surface area contributed by atoms with E-state index in [-0.39, 0.29) is 5.75 Å². The minimum atomic E-state index is -3.87. The van der Waals surface area contributed by atoms with Crippen LogP contribution >= 0.6 is 11.6 Å². The molecule has 7 heteroatoms. The zero-order chi connectivity index (χ0) is 11.6. The lowest BCUT2D eigenvalue weighted by molar-refractivity contribution is 0.476. The van der Waals surface area contributed by atoms with Crippen molar-refractivity contribution in [2.75, 3.05) is 0 Å². The average Bonchev–Trinajstić information content (AvgIpc) is 2.75. The molecule has 0 radical (unpaired) electrons. The van der Waals surface area contributed by atoms with Crippen LogP contribution in [0.5, 0.6) is 5.75 Å². The van der Waals surface area contributed by atoms with Gasteiger partial charge in [-0.3, -0.25) is 0 Å². The van der Waals surface area contributed by atoms with Crippen LogP contribution in [0.4, 0.5) is 0 Å². The second kappa shape index (κ2) is 4.15. The summed E-state index contributed by atoms with van der Waals surface area (Å²) in [6.45, 7) is 0. The van der Waals surface area contributed by atoms with Crippen LogP contribution in [0.3, 0.4) is 0 Å². The summed E-state index contributed by atoms with van der Waals surface area (Å²) in [4.78, 5) is 3.63. The second-order valence-corrected chi connectivity index (χ2v) is 4.77. The largest absolute Gasteiger partial charge is 0.414 e. The Balaban J connectivity index is 2.25. The first-order valence-electron chi connectivity index (χ1n) is 4.26. The molecule has 0 saturated carbocycles. The van der Waals surface area contributed by atoms with Crippen molar-refractivity contribution >= 4 is 21.9 Å². The third-order valence-electron chi connectivity index (χ3n) is 1.75. The molecule has 0 atom stereocenters. The lowest BCUT2D eigenvalue weighted by atomic mass is 10.3. The number of halogens is 1. The van der Waals surface area contributed by atoms with Gasteiger partial charge in [0.15, 0.2) is 0 Å². The molecule has 0 unspecified atom stereocenters. The molecule has 0 bridgehead atoms. The lowest BCUT2D eigenvalue weighted by Crippen LogP contribution is -2.17. The van der Waals surface area contributed by atoms with Crippen molar-refractivity contribution in [3.63, 3.8) is 0 Å². The molecule has 2 aromatic rings. The smallest absolute Gasteiger partial charge is 0.366 e. The minimum Gasteiger partial charge on any atom is -0.366 e. The summed E-state index contributed by atoms with van der Waals surface area (Å²) >= 11 is 5.66. The lowest BCUT2D eigenvalue weighted by Gasteiger charge is -2.06. The first-order valence-corrected chi connectivity index (χ1v) is 6.01. The second-order valence-electron chi connectivity index (χ2n) is 2.89. The molecule has 0 saturated heterocycles. The van der Waals surface area contributed by atoms with Gasteiger partial charge in [-0.1, -0.05) is 11.6 Å². The summed E-state index contributed by atoms with van der Waals surface area (Å²) in [5.74, 6) is 0.193. The number of nitrogens with zero attached hydrogens (tertiary/aromatic N) is 2. The molecule has 0 amide bonds. The predicted molar refractivity (Wildman–Crippen MR) is 58.6 cm³/mol. The van der Waals surface area contributed by atoms with Gasteiger partial charge in [-0.25, -0.2) is 8.96 Å². The fourth-order valence-corrected chi connectivity index (χ4v) is 1.97. The third kappa shape index (κ3) is 2.34. The van der Waals surface area contributed by atoms with Crippen molar-refractivity contribution < 1.29 is 12.6 Å². The van der Waals surface area contributed by atoms with E-state index in [1.165, 1.54) is 24.5 Å². The van der Waals surface area contributed by atoms with Crippen LogP contribution in [0.2, 0.25) is 5.02 Å². The Bertz CT molecular complexity index is 563. The van der Waals surface area contributed by atoms with E-state index in [1.807, 2.05) is 0 Å². The zero-order valence-electron chi connectivity index (χ0n) is 7.95. The molecule has 2 rings (SSSR count). The van der Waals surface area contributed by atoms with E-state index >= 15 is 0 Å². The SMILES string of the molecule is O=S(=O)(Oc1ccc(Cl)cc1)n1ccnc1. The number of imidazole rings is 1. The molecule has 0 aliphatic rings. The van der Waals surface area contributed by atoms with Crippen molar-refractivity contribution in [2.24, 2.45) is 0 Å². The highest BCUT2D eigenvalue weighted by atomic mass is 35.5. The molecule has 0 aliphatic heterocycles. The Labute approximate surface area is 97.5 Å². The Morgan fingerprint density at radius 3 is 2.50 bits per heavy atom. The van der Waals surface area contributed by atoms with Crippen molar-refractivity contribution in [1.29, 1.82) is 0 Å². The van der Waals surface area contributed by atoms with Crippen LogP contribution in [-0.2, 0) is 10.3 Å². The quantitative estimate of drug-likeness (QED) is 0.841. The van der Waals surface area contributed by atoms with Gasteiger partial charge >= 0.3 is 10.3 Å². The normalized spacial score (nSPS) is 11.3. The molecule has 84 valence electrons. The third-order valence-corrected chi connectivity index (χ3v) is 3.14. The summed E-state index contributed by atoms with van der Waals surface area (Å²) in [5, 5.41) is 0.507. The first kappa shape index (κ1) is 11.0. The molecule has 1 aromatic heterocycles. The summed E-state index contributed by atoms with van der Waals surface area (Å²) in [6.07, 6.45) is 3.78. The van der Waals surface area contributed by atoms with E-state index < -0.39 is 10.3 Å². The van der Waals surface area contributed by atoms with Gasteiger partial charge in [0.1, 0.15) is 12.1 Å². The number of hydrogen-bond acceptors (Lipinski definition) is 4. The number of hydrogen-bond donors (Lipinski definition) is 0. The van der Waals surface area contributed by atoms with Gasteiger partial charge in [-0.05, 0) is 24.3 Å². The maximum Gasteiger partial charge on any atom is 0.414 e. The van der Waals surface area contributed by atoms with E-state index in [4.69, 9.17) is 15.8 Å². The van der Waals surface area contributed by atoms with Crippen molar-refractivity contribution in [3.8, 4) is 5.75 Å². The fraction of sp³-hybridized carbons (Fsp3) is 0. The van der Waals surface area contributed by atoms with E-state index in [2.05, 4.69) is 4.98 Å². The molecule has 0 fully saturated rings. The van der Waals surface area contributed by atoms with E-state index in [9.17, 15) is 8.42 Å². The Kier molecular flexibility index (Phi) is 2.84. The highest BCUT2D eigenvalue weighted by molar-refractivity contribution is 7.85. The van der Waals surface area contributed by atoms with Crippen LogP contribution < -0.4 is 4.18 Å². The molecule has 1 heterocycles. The fourth-order valence-electron chi connectivity index (χ4n) is 1.03. The van der Waals surface area contributed by atoms with Crippen LogP contribution in [0.25, 0.3) is 0 Å². The number of rotatable bonds is 3. The monoisotopic (exact) mass is 258 g/mol. The summed E-state index contributed by atoms with van der Waals surface area (Å²) < 4.78 is 28.9. The van der Waals surface area contributed by atoms with Gasteiger partial charge < -0.3 is 4.18 Å². The Morgan fingerprint density at radius 1 is 1.25 bits per heavy atom. The summed E-state index contributed by atoms with van der Waals surface area (Å²) in [6, 6.07) is 6.02. The molecule has 0 spiro atoms. The molecule has 5 nitrogen and oxygen atoms in total. The van der Waals surface area contributed by atoms with Gasteiger partial charge in [-0.15, -0.1) is 0 Å². The first-order chi connectivity index (χ1) is 7.58. The highest BCUT2D eigenvalue weighted by Crippen LogP contribution is 2.17. The average molecular weight is 259 g/mol. The number of aromatic nitrogens is 2. The van der Waals surface area contributed by atoms with Crippen molar-refractivity contribution in [2.45, 2.75) is 0 Å². The van der Waals surface area contributed by atoms with Gasteiger partial charge in [-0.2, -0.15) is 8.42 Å². The predicted octanol–water partition coefficient (Wildman–Crippen LogP) is 1.71. The maximum absolute atomic E-state index is 11.6. The van der Waals surface area contributed by atoms with Crippen LogP contribution in [0.15, 0.2) is 43.0 Å². The zero-order valence-corrected chi connectivity index (χ0v) is 9.52. The van der Waals surface area contributed by atoms with E-state index in [1.54, 1.807) is 12.1 Å². The molecule has 16 heavy (non-hydrogen) atoms. The van der Waals surface area contributed by atoms with E-state index in [0.29, 0.717) is 5.02 Å². The van der Waals surface area contributed by atoms with Crippen molar-refractivity contribution in [1.82, 2.24) is 8.96 Å². The molecular weight excluding hydrogens is 252 g/mol. The Morgan fingerprint density at radius 2 is 1.94 bits per heavy atom. The van der Waals surface area contributed by atoms with Gasteiger partial charge in [0.25, 0.3) is 0 Å². The van der Waals surface area contributed by atoms with Crippen LogP contribution in [0, 0.1) is 0 Å². The van der Waals surface area contributed by atoms with Gasteiger partial charge in [0.2, 0.25) is 0 Å². The van der Waals surface area contributed by atoms with Crippen molar-refractivity contribution in [3.05, 3.63) is 48.0 Å². The summed E-state index contributed by atoms with van der Waals surface area (Å²) in [7, 11) is -3.87. The highest BCUT2D eigenvalue weighted by Gasteiger charge is 2.14. The molecule has 0 N–H and O–H groups in total. The minimum absolute atomic E-state index is 0.193. The molecule has 1 aromatic carbocycles. The standard InChI is InChI=1S/C9H7ClN2O3S/c10-8-1-3-9(4-2-8)15-16(13,14)12-6-5-11-7-12/h1-7H. The van der Waals surface area contributed by atoms with Crippen LogP contribution in [0.1, 0.15) is 0 Å². The number of benzene rings is 1. The topological polar surface area (TPSA) is 61.2 Å². The molecular formula is C9H7ClN2O3S. The molecule has 0 aliphatic carbocycles. The van der Waals surface area contributed by atoms with Gasteiger partial charge in [0.05, 0.1) is 0 Å². The van der Waals surface area contributed by atoms with E-state index in [0.717, 1.165) is 10.3 Å². The van der Waals surface area contributed by atoms with Gasteiger partial charge in [0, 0.05) is 17.4 Å². The Hall–Kier alpha value is -1.53.